The fourth-order valence-electron chi connectivity index (χ4n) is 2.20. The Morgan fingerprint density at radius 2 is 2.05 bits per heavy atom. The maximum absolute atomic E-state index is 12.0. The molecule has 1 aliphatic heterocycles. The van der Waals surface area contributed by atoms with Crippen molar-refractivity contribution in [1.82, 2.24) is 0 Å². The average molecular weight is 290 g/mol. The second-order valence-corrected chi connectivity index (χ2v) is 6.24. The number of anilines is 2. The molecule has 1 N–H and O–H groups in total. The summed E-state index contributed by atoms with van der Waals surface area (Å²) >= 11 is 0. The fourth-order valence-corrected chi connectivity index (χ4v) is 2.20. The molecule has 0 radical (unpaired) electrons. The highest BCUT2D eigenvalue weighted by Crippen LogP contribution is 2.34. The van der Waals surface area contributed by atoms with Crippen molar-refractivity contribution in [2.75, 3.05) is 23.9 Å². The molecular weight excluding hydrogens is 268 g/mol. The number of nitrogens with zero attached hydrogens (tertiary/aromatic N) is 1. The molecule has 1 aromatic rings. The van der Waals surface area contributed by atoms with Crippen LogP contribution in [-0.2, 0) is 9.59 Å². The summed E-state index contributed by atoms with van der Waals surface area (Å²) < 4.78 is 5.37. The van der Waals surface area contributed by atoms with E-state index in [4.69, 9.17) is 4.74 Å². The van der Waals surface area contributed by atoms with Gasteiger partial charge in [0.15, 0.2) is 0 Å². The maximum atomic E-state index is 12.0. The number of nitrogens with one attached hydrogen (secondary N) is 1. The molecular formula is C16H22N2O3. The number of methoxy groups -OCH3 is 1. The van der Waals surface area contributed by atoms with Gasteiger partial charge in [0.2, 0.25) is 11.8 Å². The Morgan fingerprint density at radius 3 is 2.57 bits per heavy atom. The van der Waals surface area contributed by atoms with E-state index >= 15 is 0 Å². The minimum Gasteiger partial charge on any atom is -0.494 e. The van der Waals surface area contributed by atoms with E-state index in [1.807, 2.05) is 26.8 Å². The van der Waals surface area contributed by atoms with Gasteiger partial charge in [-0.3, -0.25) is 9.59 Å². The van der Waals surface area contributed by atoms with Crippen molar-refractivity contribution in [2.45, 2.75) is 33.6 Å². The molecule has 5 heteroatoms. The van der Waals surface area contributed by atoms with Gasteiger partial charge in [0.05, 0.1) is 12.8 Å². The minimum absolute atomic E-state index is 0.0606. The van der Waals surface area contributed by atoms with Crippen LogP contribution in [0.25, 0.3) is 0 Å². The van der Waals surface area contributed by atoms with Crippen molar-refractivity contribution in [3.8, 4) is 5.75 Å². The van der Waals surface area contributed by atoms with Gasteiger partial charge < -0.3 is 15.0 Å². The number of ether oxygens (including phenoxy) is 1. The van der Waals surface area contributed by atoms with Crippen LogP contribution in [0.5, 0.6) is 5.75 Å². The third-order valence-electron chi connectivity index (χ3n) is 3.48. The SMILES string of the molecule is COc1cc(NC(=O)C(C)(C)C)ccc1N1CCCC1=O. The molecule has 114 valence electrons. The maximum Gasteiger partial charge on any atom is 0.229 e. The summed E-state index contributed by atoms with van der Waals surface area (Å²) in [5, 5.41) is 2.86. The first-order chi connectivity index (χ1) is 9.82. The van der Waals surface area contributed by atoms with Gasteiger partial charge in [0.1, 0.15) is 5.75 Å². The molecule has 0 spiro atoms. The molecule has 2 rings (SSSR count). The van der Waals surface area contributed by atoms with Crippen molar-refractivity contribution in [3.05, 3.63) is 18.2 Å². The molecule has 0 bridgehead atoms. The van der Waals surface area contributed by atoms with Crippen LogP contribution < -0.4 is 15.0 Å². The number of amides is 2. The van der Waals surface area contributed by atoms with Crippen LogP contribution in [-0.4, -0.2) is 25.5 Å². The minimum atomic E-state index is -0.461. The van der Waals surface area contributed by atoms with Gasteiger partial charge in [0.25, 0.3) is 0 Å². The van der Waals surface area contributed by atoms with E-state index in [1.165, 1.54) is 0 Å². The predicted molar refractivity (Wildman–Crippen MR) is 82.7 cm³/mol. The first-order valence-electron chi connectivity index (χ1n) is 7.13. The fraction of sp³-hybridized carbons (Fsp3) is 0.500. The number of hydrogen-bond donors (Lipinski definition) is 1. The van der Waals surface area contributed by atoms with Crippen LogP contribution in [0.3, 0.4) is 0 Å². The smallest absolute Gasteiger partial charge is 0.229 e. The molecule has 21 heavy (non-hydrogen) atoms. The van der Waals surface area contributed by atoms with Gasteiger partial charge in [-0.1, -0.05) is 20.8 Å². The monoisotopic (exact) mass is 290 g/mol. The number of benzene rings is 1. The van der Waals surface area contributed by atoms with Crippen LogP contribution in [0.15, 0.2) is 18.2 Å². The van der Waals surface area contributed by atoms with Gasteiger partial charge in [-0.05, 0) is 18.6 Å². The molecule has 5 nitrogen and oxygen atoms in total. The lowest BCUT2D eigenvalue weighted by atomic mass is 9.95. The summed E-state index contributed by atoms with van der Waals surface area (Å²) in [5.74, 6) is 0.645. The average Bonchev–Trinajstić information content (AvgIpc) is 2.83. The molecule has 0 unspecified atom stereocenters. The zero-order valence-electron chi connectivity index (χ0n) is 13.0. The highest BCUT2D eigenvalue weighted by Gasteiger charge is 2.25. The molecule has 0 aromatic heterocycles. The Bertz CT molecular complexity index is 561. The van der Waals surface area contributed by atoms with Gasteiger partial charge in [-0.25, -0.2) is 0 Å². The van der Waals surface area contributed by atoms with Crippen molar-refractivity contribution in [1.29, 1.82) is 0 Å². The Hall–Kier alpha value is -2.04. The van der Waals surface area contributed by atoms with Crippen molar-refractivity contribution >= 4 is 23.2 Å². The Kier molecular flexibility index (Phi) is 4.21. The number of rotatable bonds is 3. The second-order valence-electron chi connectivity index (χ2n) is 6.24. The van der Waals surface area contributed by atoms with Gasteiger partial charge >= 0.3 is 0 Å². The summed E-state index contributed by atoms with van der Waals surface area (Å²) in [5.41, 5.74) is 0.965. The van der Waals surface area contributed by atoms with E-state index in [-0.39, 0.29) is 11.8 Å². The topological polar surface area (TPSA) is 58.6 Å². The number of hydrogen-bond acceptors (Lipinski definition) is 3. The number of carbonyl (C=O) groups is 2. The molecule has 0 saturated carbocycles. The van der Waals surface area contributed by atoms with Crippen LogP contribution in [0, 0.1) is 5.41 Å². The molecule has 1 saturated heterocycles. The van der Waals surface area contributed by atoms with Crippen molar-refractivity contribution in [3.63, 3.8) is 0 Å². The molecule has 1 aromatic carbocycles. The van der Waals surface area contributed by atoms with E-state index in [0.29, 0.717) is 24.4 Å². The zero-order chi connectivity index (χ0) is 15.6. The summed E-state index contributed by atoms with van der Waals surface area (Å²) in [6.45, 7) is 6.29. The number of carbonyl (C=O) groups excluding carboxylic acids is 2. The molecule has 1 aliphatic rings. The quantitative estimate of drug-likeness (QED) is 0.931. The van der Waals surface area contributed by atoms with Crippen LogP contribution in [0.1, 0.15) is 33.6 Å². The van der Waals surface area contributed by atoms with Crippen molar-refractivity contribution in [2.24, 2.45) is 5.41 Å². The van der Waals surface area contributed by atoms with E-state index in [1.54, 1.807) is 24.1 Å². The first kappa shape index (κ1) is 15.4. The summed E-state index contributed by atoms with van der Waals surface area (Å²) in [6.07, 6.45) is 1.44. The van der Waals surface area contributed by atoms with Gasteiger partial charge in [0, 0.05) is 30.1 Å². The lowest BCUT2D eigenvalue weighted by Crippen LogP contribution is -2.28. The standard InChI is InChI=1S/C16H22N2O3/c1-16(2,3)15(20)17-11-7-8-12(13(10-11)21-4)18-9-5-6-14(18)19/h7-8,10H,5-6,9H2,1-4H3,(H,17,20). The van der Waals surface area contributed by atoms with Gasteiger partial charge in [-0.15, -0.1) is 0 Å². The molecule has 0 atom stereocenters. The largest absolute Gasteiger partial charge is 0.494 e. The third kappa shape index (κ3) is 3.35. The predicted octanol–water partition coefficient (Wildman–Crippen LogP) is 2.81. The molecule has 1 heterocycles. The van der Waals surface area contributed by atoms with E-state index in [9.17, 15) is 9.59 Å². The summed E-state index contributed by atoms with van der Waals surface area (Å²) in [7, 11) is 1.56. The lowest BCUT2D eigenvalue weighted by molar-refractivity contribution is -0.123. The summed E-state index contributed by atoms with van der Waals surface area (Å²) in [4.78, 5) is 25.6. The Balaban J connectivity index is 2.24. The Labute approximate surface area is 125 Å². The third-order valence-corrected chi connectivity index (χ3v) is 3.48. The first-order valence-corrected chi connectivity index (χ1v) is 7.13. The van der Waals surface area contributed by atoms with Gasteiger partial charge in [-0.2, -0.15) is 0 Å². The zero-order valence-corrected chi connectivity index (χ0v) is 13.0. The highest BCUT2D eigenvalue weighted by atomic mass is 16.5. The van der Waals surface area contributed by atoms with Crippen molar-refractivity contribution < 1.29 is 14.3 Å². The van der Waals surface area contributed by atoms with E-state index in [0.717, 1.165) is 12.1 Å². The summed E-state index contributed by atoms with van der Waals surface area (Å²) in [6, 6.07) is 5.37. The second kappa shape index (κ2) is 5.76. The highest BCUT2D eigenvalue weighted by molar-refractivity contribution is 5.98. The van der Waals surface area contributed by atoms with E-state index < -0.39 is 5.41 Å². The van der Waals surface area contributed by atoms with Crippen LogP contribution in [0.2, 0.25) is 0 Å². The van der Waals surface area contributed by atoms with Crippen LogP contribution in [0.4, 0.5) is 11.4 Å². The lowest BCUT2D eigenvalue weighted by Gasteiger charge is -2.21. The van der Waals surface area contributed by atoms with Crippen LogP contribution >= 0.6 is 0 Å². The molecule has 0 aliphatic carbocycles. The molecule has 1 fully saturated rings. The normalized spacial score (nSPS) is 15.2. The molecule has 2 amide bonds. The van der Waals surface area contributed by atoms with E-state index in [2.05, 4.69) is 5.32 Å². The Morgan fingerprint density at radius 1 is 1.33 bits per heavy atom.